The summed E-state index contributed by atoms with van der Waals surface area (Å²) in [5.74, 6) is 0.524. The van der Waals surface area contributed by atoms with Crippen LogP contribution in [-0.4, -0.2) is 13.0 Å². The van der Waals surface area contributed by atoms with Gasteiger partial charge >= 0.3 is 0 Å². The van der Waals surface area contributed by atoms with E-state index in [9.17, 15) is 4.79 Å². The fourth-order valence-corrected chi connectivity index (χ4v) is 2.14. The van der Waals surface area contributed by atoms with E-state index in [0.29, 0.717) is 5.02 Å². The van der Waals surface area contributed by atoms with Gasteiger partial charge in [0.25, 0.3) is 0 Å². The zero-order chi connectivity index (χ0) is 15.2. The van der Waals surface area contributed by atoms with Crippen LogP contribution in [0.4, 0.5) is 5.69 Å². The van der Waals surface area contributed by atoms with Crippen molar-refractivity contribution in [2.45, 2.75) is 6.92 Å². The van der Waals surface area contributed by atoms with Crippen molar-refractivity contribution in [1.29, 1.82) is 0 Å². The number of carbonyl (C=O) groups excluding carboxylic acids is 1. The van der Waals surface area contributed by atoms with E-state index in [1.807, 2.05) is 31.2 Å². The van der Waals surface area contributed by atoms with E-state index in [1.165, 1.54) is 6.08 Å². The summed E-state index contributed by atoms with van der Waals surface area (Å²) in [5, 5.41) is 3.47. The van der Waals surface area contributed by atoms with E-state index < -0.39 is 0 Å². The third-order valence-electron chi connectivity index (χ3n) is 3.00. The Labute approximate surface area is 129 Å². The summed E-state index contributed by atoms with van der Waals surface area (Å²) in [6.07, 6.45) is 3.20. The predicted octanol–water partition coefficient (Wildman–Crippen LogP) is 4.31. The highest BCUT2D eigenvalue weighted by Crippen LogP contribution is 2.20. The number of anilines is 1. The lowest BCUT2D eigenvalue weighted by Gasteiger charge is -2.07. The molecule has 4 heteroatoms. The van der Waals surface area contributed by atoms with Crippen LogP contribution >= 0.6 is 11.6 Å². The van der Waals surface area contributed by atoms with Gasteiger partial charge in [-0.3, -0.25) is 4.79 Å². The number of aryl methyl sites for hydroxylation is 1. The number of benzene rings is 2. The fraction of sp³-hybridized carbons (Fsp3) is 0.118. The first-order valence-corrected chi connectivity index (χ1v) is 6.86. The highest BCUT2D eigenvalue weighted by Gasteiger charge is 2.03. The van der Waals surface area contributed by atoms with Crippen LogP contribution in [0.25, 0.3) is 6.08 Å². The molecule has 0 bridgehead atoms. The monoisotopic (exact) mass is 301 g/mol. The zero-order valence-electron chi connectivity index (χ0n) is 11.9. The Morgan fingerprint density at radius 2 is 2.00 bits per heavy atom. The Hall–Kier alpha value is -2.26. The molecule has 1 amide bonds. The van der Waals surface area contributed by atoms with Gasteiger partial charge in [0.15, 0.2) is 0 Å². The average Bonchev–Trinajstić information content (AvgIpc) is 2.48. The Morgan fingerprint density at radius 3 is 2.71 bits per heavy atom. The van der Waals surface area contributed by atoms with Gasteiger partial charge in [-0.05, 0) is 42.8 Å². The third kappa shape index (κ3) is 4.10. The van der Waals surface area contributed by atoms with Crippen molar-refractivity contribution in [2.24, 2.45) is 0 Å². The average molecular weight is 302 g/mol. The summed E-state index contributed by atoms with van der Waals surface area (Å²) in [7, 11) is 1.60. The number of rotatable bonds is 4. The van der Waals surface area contributed by atoms with Crippen molar-refractivity contribution >= 4 is 29.3 Å². The molecule has 0 aromatic heterocycles. The molecule has 0 aliphatic carbocycles. The molecule has 0 atom stereocenters. The SMILES string of the molecule is COc1ccccc1/C=C/C(=O)Nc1ccc(Cl)cc1C. The van der Waals surface area contributed by atoms with Crippen LogP contribution in [0.1, 0.15) is 11.1 Å². The van der Waals surface area contributed by atoms with Gasteiger partial charge in [-0.1, -0.05) is 29.8 Å². The molecule has 21 heavy (non-hydrogen) atoms. The Morgan fingerprint density at radius 1 is 1.24 bits per heavy atom. The van der Waals surface area contributed by atoms with E-state index in [-0.39, 0.29) is 5.91 Å². The topological polar surface area (TPSA) is 38.3 Å². The maximum absolute atomic E-state index is 12.0. The van der Waals surface area contributed by atoms with Gasteiger partial charge in [0.2, 0.25) is 5.91 Å². The summed E-state index contributed by atoms with van der Waals surface area (Å²) in [4.78, 5) is 12.0. The first-order chi connectivity index (χ1) is 10.1. The molecular weight excluding hydrogens is 286 g/mol. The molecule has 0 heterocycles. The summed E-state index contributed by atoms with van der Waals surface area (Å²) in [6.45, 7) is 1.89. The second-order valence-corrected chi connectivity index (χ2v) is 4.96. The lowest BCUT2D eigenvalue weighted by molar-refractivity contribution is -0.111. The van der Waals surface area contributed by atoms with Crippen molar-refractivity contribution < 1.29 is 9.53 Å². The standard InChI is InChI=1S/C17H16ClNO2/c1-12-11-14(18)8-9-15(12)19-17(20)10-7-13-5-3-4-6-16(13)21-2/h3-11H,1-2H3,(H,19,20)/b10-7+. The van der Waals surface area contributed by atoms with E-state index in [4.69, 9.17) is 16.3 Å². The minimum Gasteiger partial charge on any atom is -0.496 e. The summed E-state index contributed by atoms with van der Waals surface area (Å²) < 4.78 is 5.23. The Bertz CT molecular complexity index is 680. The quantitative estimate of drug-likeness (QED) is 0.855. The number of nitrogens with one attached hydrogen (secondary N) is 1. The highest BCUT2D eigenvalue weighted by molar-refractivity contribution is 6.30. The molecular formula is C17H16ClNO2. The van der Waals surface area contributed by atoms with Crippen molar-refractivity contribution in [3.8, 4) is 5.75 Å². The molecule has 108 valence electrons. The van der Waals surface area contributed by atoms with Crippen LogP contribution < -0.4 is 10.1 Å². The summed E-state index contributed by atoms with van der Waals surface area (Å²) in [6, 6.07) is 12.8. The molecule has 0 aliphatic heterocycles. The summed E-state index contributed by atoms with van der Waals surface area (Å²) in [5.41, 5.74) is 2.51. The van der Waals surface area contributed by atoms with Crippen molar-refractivity contribution in [3.05, 3.63) is 64.7 Å². The lowest BCUT2D eigenvalue weighted by atomic mass is 10.2. The second kappa shape index (κ2) is 6.95. The van der Waals surface area contributed by atoms with Gasteiger partial charge in [-0.15, -0.1) is 0 Å². The molecule has 2 aromatic rings. The minimum atomic E-state index is -0.202. The van der Waals surface area contributed by atoms with Gasteiger partial charge < -0.3 is 10.1 Å². The fourth-order valence-electron chi connectivity index (χ4n) is 1.91. The normalized spacial score (nSPS) is 10.6. The maximum Gasteiger partial charge on any atom is 0.248 e. The smallest absolute Gasteiger partial charge is 0.248 e. The molecule has 1 N–H and O–H groups in total. The first-order valence-electron chi connectivity index (χ1n) is 6.48. The molecule has 0 spiro atoms. The van der Waals surface area contributed by atoms with Crippen molar-refractivity contribution in [3.63, 3.8) is 0 Å². The molecule has 3 nitrogen and oxygen atoms in total. The molecule has 0 saturated heterocycles. The van der Waals surface area contributed by atoms with Crippen LogP contribution in [0.3, 0.4) is 0 Å². The highest BCUT2D eigenvalue weighted by atomic mass is 35.5. The predicted molar refractivity (Wildman–Crippen MR) is 86.8 cm³/mol. The van der Waals surface area contributed by atoms with Gasteiger partial charge in [0.1, 0.15) is 5.75 Å². The molecule has 0 fully saturated rings. The van der Waals surface area contributed by atoms with Crippen LogP contribution in [0.5, 0.6) is 5.75 Å². The maximum atomic E-state index is 12.0. The largest absolute Gasteiger partial charge is 0.496 e. The van der Waals surface area contributed by atoms with E-state index in [2.05, 4.69) is 5.32 Å². The number of amides is 1. The lowest BCUT2D eigenvalue weighted by Crippen LogP contribution is -2.08. The van der Waals surface area contributed by atoms with Crippen LogP contribution in [0.2, 0.25) is 5.02 Å². The first kappa shape index (κ1) is 15.1. The van der Waals surface area contributed by atoms with E-state index in [1.54, 1.807) is 31.4 Å². The van der Waals surface area contributed by atoms with Gasteiger partial charge in [0.05, 0.1) is 7.11 Å². The second-order valence-electron chi connectivity index (χ2n) is 4.52. The minimum absolute atomic E-state index is 0.202. The third-order valence-corrected chi connectivity index (χ3v) is 3.23. The molecule has 0 aliphatic rings. The number of methoxy groups -OCH3 is 1. The zero-order valence-corrected chi connectivity index (χ0v) is 12.6. The summed E-state index contributed by atoms with van der Waals surface area (Å²) >= 11 is 5.89. The number of halogens is 1. The van der Waals surface area contributed by atoms with Gasteiger partial charge in [-0.25, -0.2) is 0 Å². The van der Waals surface area contributed by atoms with Gasteiger partial charge in [-0.2, -0.15) is 0 Å². The number of carbonyl (C=O) groups is 1. The van der Waals surface area contributed by atoms with Crippen molar-refractivity contribution in [2.75, 3.05) is 12.4 Å². The number of ether oxygens (including phenoxy) is 1. The molecule has 0 unspecified atom stereocenters. The number of hydrogen-bond acceptors (Lipinski definition) is 2. The van der Waals surface area contributed by atoms with Crippen LogP contribution in [-0.2, 0) is 4.79 Å². The molecule has 0 saturated carbocycles. The van der Waals surface area contributed by atoms with Crippen LogP contribution in [0.15, 0.2) is 48.5 Å². The van der Waals surface area contributed by atoms with Crippen molar-refractivity contribution in [1.82, 2.24) is 0 Å². The van der Waals surface area contributed by atoms with E-state index in [0.717, 1.165) is 22.6 Å². The van der Waals surface area contributed by atoms with Gasteiger partial charge in [0, 0.05) is 22.3 Å². The molecule has 0 radical (unpaired) electrons. The Kier molecular flexibility index (Phi) is 5.01. The van der Waals surface area contributed by atoms with Crippen LogP contribution in [0, 0.1) is 6.92 Å². The number of para-hydroxylation sites is 1. The Balaban J connectivity index is 2.09. The van der Waals surface area contributed by atoms with E-state index >= 15 is 0 Å². The number of hydrogen-bond donors (Lipinski definition) is 1. The molecule has 2 aromatic carbocycles. The molecule has 2 rings (SSSR count).